The second-order valence-corrected chi connectivity index (χ2v) is 15.6. The number of amides is 1. The van der Waals surface area contributed by atoms with Crippen LogP contribution in [0.5, 0.6) is 0 Å². The highest BCUT2D eigenvalue weighted by molar-refractivity contribution is 6.04. The predicted octanol–water partition coefficient (Wildman–Crippen LogP) is 8.75. The molecule has 0 bridgehead atoms. The number of rotatable bonds is 8. The first kappa shape index (κ1) is 38.3. The number of nitrogens with zero attached hydrogens (tertiary/aromatic N) is 3. The number of esters is 2. The molecule has 2 aromatic rings. The number of methoxy groups -OCH3 is 2. The maximum absolute atomic E-state index is 13.6. The van der Waals surface area contributed by atoms with Crippen molar-refractivity contribution in [3.8, 4) is 0 Å². The van der Waals surface area contributed by atoms with E-state index in [1.54, 1.807) is 11.9 Å². The molecule has 3 aliphatic rings. The first-order valence-corrected chi connectivity index (χ1v) is 18.1. The van der Waals surface area contributed by atoms with Gasteiger partial charge < -0.3 is 19.1 Å². The van der Waals surface area contributed by atoms with E-state index >= 15 is 0 Å². The van der Waals surface area contributed by atoms with Crippen LogP contribution in [0.1, 0.15) is 107 Å². The standard InChI is InChI=1S/C43H54N3O6/c1-13-45-33-21-17-29(38(47)50-11)25-31(33)42(6,7)35(45)23-19-27-15-16-28(37(27)44(10)40(49)52-41(3,4)5)20-24-36-43(8,9)32-26-30(39(48)51-12)18-22-34(32)46(36)14-2/h17-26H,13-16H2,1-12H3/q+1. The minimum absolute atomic E-state index is 0.358. The van der Waals surface area contributed by atoms with Crippen LogP contribution in [0, 0.1) is 0 Å². The lowest BCUT2D eigenvalue weighted by atomic mass is 9.80. The van der Waals surface area contributed by atoms with Crippen LogP contribution < -0.4 is 4.90 Å². The highest BCUT2D eigenvalue weighted by atomic mass is 16.6. The minimum Gasteiger partial charge on any atom is -0.465 e. The molecule has 52 heavy (non-hydrogen) atoms. The molecule has 276 valence electrons. The van der Waals surface area contributed by atoms with Gasteiger partial charge >= 0.3 is 18.0 Å². The van der Waals surface area contributed by atoms with Gasteiger partial charge in [-0.2, -0.15) is 4.58 Å². The van der Waals surface area contributed by atoms with E-state index in [4.69, 9.17) is 14.2 Å². The first-order valence-electron chi connectivity index (χ1n) is 18.1. The van der Waals surface area contributed by atoms with E-state index in [2.05, 4.69) is 75.3 Å². The number of carbonyl (C=O) groups excluding carboxylic acids is 3. The van der Waals surface area contributed by atoms with Crippen LogP contribution in [0.3, 0.4) is 0 Å². The van der Waals surface area contributed by atoms with Gasteiger partial charge in [0.25, 0.3) is 0 Å². The smallest absolute Gasteiger partial charge is 0.414 e. The molecular weight excluding hydrogens is 654 g/mol. The monoisotopic (exact) mass is 708 g/mol. The highest BCUT2D eigenvalue weighted by Crippen LogP contribution is 2.48. The first-order chi connectivity index (χ1) is 24.4. The van der Waals surface area contributed by atoms with E-state index < -0.39 is 11.7 Å². The molecule has 1 aliphatic carbocycles. The third-order valence-corrected chi connectivity index (χ3v) is 10.4. The lowest BCUT2D eigenvalue weighted by Gasteiger charge is -2.27. The topological polar surface area (TPSA) is 88.4 Å². The van der Waals surface area contributed by atoms with Crippen molar-refractivity contribution in [2.45, 2.75) is 91.6 Å². The molecule has 0 unspecified atom stereocenters. The SMILES string of the molecule is CCN1C(=CC=C2CCC(C=CC3=[N+](CC)c4ccc(C(=O)OC)cc4C3(C)C)=C2N(C)C(=O)OC(C)(C)C)C(C)(C)c2cc(C(=O)OC)ccc21. The summed E-state index contributed by atoms with van der Waals surface area (Å²) in [5.41, 5.74) is 9.01. The van der Waals surface area contributed by atoms with E-state index in [1.807, 2.05) is 57.2 Å². The fourth-order valence-corrected chi connectivity index (χ4v) is 7.77. The number of anilines is 1. The van der Waals surface area contributed by atoms with Gasteiger partial charge in [-0.3, -0.25) is 4.90 Å². The molecule has 1 amide bonds. The number of hydrogen-bond donors (Lipinski definition) is 0. The van der Waals surface area contributed by atoms with Gasteiger partial charge in [0.05, 0.1) is 36.5 Å². The van der Waals surface area contributed by atoms with Gasteiger partial charge in [0.1, 0.15) is 12.1 Å². The maximum Gasteiger partial charge on any atom is 0.414 e. The van der Waals surface area contributed by atoms with Gasteiger partial charge in [0.15, 0.2) is 5.71 Å². The molecule has 9 heteroatoms. The molecule has 0 N–H and O–H groups in total. The summed E-state index contributed by atoms with van der Waals surface area (Å²) in [5, 5.41) is 0. The molecule has 9 nitrogen and oxygen atoms in total. The Morgan fingerprint density at radius 1 is 0.865 bits per heavy atom. The number of fused-ring (bicyclic) bond motifs is 2. The van der Waals surface area contributed by atoms with Crippen molar-refractivity contribution in [1.82, 2.24) is 4.90 Å². The normalized spacial score (nSPS) is 19.1. The Morgan fingerprint density at radius 2 is 1.48 bits per heavy atom. The third kappa shape index (κ3) is 6.85. The van der Waals surface area contributed by atoms with Crippen LogP contribution in [-0.2, 0) is 25.0 Å². The second-order valence-electron chi connectivity index (χ2n) is 15.6. The third-order valence-electron chi connectivity index (χ3n) is 10.4. The number of hydrogen-bond acceptors (Lipinski definition) is 7. The van der Waals surface area contributed by atoms with E-state index in [-0.39, 0.29) is 22.8 Å². The maximum atomic E-state index is 13.6. The largest absolute Gasteiger partial charge is 0.465 e. The Bertz CT molecular complexity index is 1970. The Labute approximate surface area is 308 Å². The summed E-state index contributed by atoms with van der Waals surface area (Å²) in [6.45, 7) is 20.1. The summed E-state index contributed by atoms with van der Waals surface area (Å²) >= 11 is 0. The Kier molecular flexibility index (Phi) is 10.5. The van der Waals surface area contributed by atoms with Crippen LogP contribution in [0.2, 0.25) is 0 Å². The fourth-order valence-electron chi connectivity index (χ4n) is 7.77. The number of allylic oxidation sites excluding steroid dienone is 7. The molecule has 0 atom stereocenters. The molecular formula is C43H54N3O6+. The molecule has 0 radical (unpaired) electrons. The number of carbonyl (C=O) groups is 3. The lowest BCUT2D eigenvalue weighted by molar-refractivity contribution is -0.433. The fraction of sp³-hybridized carbons (Fsp3) is 0.442. The summed E-state index contributed by atoms with van der Waals surface area (Å²) in [5.74, 6) is -0.715. The molecule has 0 saturated carbocycles. The number of benzene rings is 2. The highest BCUT2D eigenvalue weighted by Gasteiger charge is 2.45. The van der Waals surface area contributed by atoms with Crippen molar-refractivity contribution >= 4 is 35.1 Å². The van der Waals surface area contributed by atoms with Gasteiger partial charge in [-0.05, 0) is 114 Å². The van der Waals surface area contributed by atoms with Gasteiger partial charge in [0, 0.05) is 48.1 Å². The molecule has 0 spiro atoms. The number of ether oxygens (including phenoxy) is 3. The van der Waals surface area contributed by atoms with Crippen LogP contribution in [0.15, 0.2) is 83.2 Å². The average Bonchev–Trinajstić information content (AvgIpc) is 3.68. The molecule has 0 saturated heterocycles. The van der Waals surface area contributed by atoms with Gasteiger partial charge in [-0.1, -0.05) is 26.0 Å². The second kappa shape index (κ2) is 14.2. The van der Waals surface area contributed by atoms with Crippen LogP contribution >= 0.6 is 0 Å². The number of likely N-dealkylation sites (N-methyl/N-ethyl adjacent to an activating group) is 2. The zero-order valence-electron chi connectivity index (χ0n) is 32.9. The Hall–Kier alpha value is -4.92. The summed E-state index contributed by atoms with van der Waals surface area (Å²) in [7, 11) is 4.57. The summed E-state index contributed by atoms with van der Waals surface area (Å²) in [6, 6.07) is 11.5. The van der Waals surface area contributed by atoms with Crippen LogP contribution in [0.25, 0.3) is 0 Å². The Balaban J connectivity index is 1.59. The summed E-state index contributed by atoms with van der Waals surface area (Å²) in [6.07, 6.45) is 9.68. The van der Waals surface area contributed by atoms with E-state index in [0.29, 0.717) is 11.1 Å². The molecule has 0 aromatic heterocycles. The van der Waals surface area contributed by atoms with Crippen molar-refractivity contribution in [3.63, 3.8) is 0 Å². The van der Waals surface area contributed by atoms with E-state index in [1.165, 1.54) is 14.2 Å². The van der Waals surface area contributed by atoms with Gasteiger partial charge in [0.2, 0.25) is 5.69 Å². The quantitative estimate of drug-likeness (QED) is 0.154. The average molecular weight is 709 g/mol. The minimum atomic E-state index is -0.656. The summed E-state index contributed by atoms with van der Waals surface area (Å²) in [4.78, 5) is 42.3. The zero-order chi connectivity index (χ0) is 38.3. The zero-order valence-corrected chi connectivity index (χ0v) is 32.9. The summed E-state index contributed by atoms with van der Waals surface area (Å²) < 4.78 is 18.2. The van der Waals surface area contributed by atoms with Crippen molar-refractivity contribution in [2.75, 3.05) is 39.3 Å². The van der Waals surface area contributed by atoms with Gasteiger partial charge in [-0.15, -0.1) is 0 Å². The lowest BCUT2D eigenvalue weighted by Crippen LogP contribution is -2.34. The van der Waals surface area contributed by atoms with E-state index in [0.717, 1.165) is 76.7 Å². The molecule has 2 aliphatic heterocycles. The van der Waals surface area contributed by atoms with Crippen molar-refractivity contribution in [2.24, 2.45) is 0 Å². The Morgan fingerprint density at radius 3 is 2.06 bits per heavy atom. The molecule has 2 heterocycles. The molecule has 0 fully saturated rings. The van der Waals surface area contributed by atoms with Crippen LogP contribution in [0.4, 0.5) is 16.2 Å². The van der Waals surface area contributed by atoms with Gasteiger partial charge in [-0.25, -0.2) is 14.4 Å². The van der Waals surface area contributed by atoms with Crippen molar-refractivity contribution in [1.29, 1.82) is 0 Å². The van der Waals surface area contributed by atoms with Crippen LogP contribution in [-0.4, -0.2) is 73.2 Å². The van der Waals surface area contributed by atoms with E-state index in [9.17, 15) is 14.4 Å². The van der Waals surface area contributed by atoms with Crippen molar-refractivity contribution in [3.05, 3.63) is 105 Å². The molecule has 2 aromatic carbocycles. The van der Waals surface area contributed by atoms with Crippen molar-refractivity contribution < 1.29 is 33.2 Å². The molecule has 5 rings (SSSR count). The predicted molar refractivity (Wildman–Crippen MR) is 206 cm³/mol.